The van der Waals surface area contributed by atoms with Crippen LogP contribution < -0.4 is 5.73 Å². The maximum Gasteiger partial charge on any atom is 0.227 e. The van der Waals surface area contributed by atoms with Crippen LogP contribution in [-0.2, 0) is 4.79 Å². The fourth-order valence-electron chi connectivity index (χ4n) is 0.924. The predicted octanol–water partition coefficient (Wildman–Crippen LogP) is 2.33. The third-order valence-corrected chi connectivity index (χ3v) is 3.20. The Kier molecular flexibility index (Phi) is 3.81. The molecule has 0 fully saturated rings. The number of thioether (sulfide) groups is 1. The van der Waals surface area contributed by atoms with Crippen molar-refractivity contribution in [1.82, 2.24) is 0 Å². The largest absolute Gasteiger partial charge is 0.369 e. The van der Waals surface area contributed by atoms with Gasteiger partial charge in [-0.05, 0) is 30.7 Å². The molecule has 4 heteroatoms. The molecule has 1 aromatic carbocycles. The summed E-state index contributed by atoms with van der Waals surface area (Å²) in [5.74, 6) is 0.0509. The van der Waals surface area contributed by atoms with Gasteiger partial charge in [0.2, 0.25) is 5.91 Å². The molecule has 2 N–H and O–H groups in total. The van der Waals surface area contributed by atoms with E-state index in [1.807, 2.05) is 25.1 Å². The third kappa shape index (κ3) is 3.40. The Bertz CT molecular complexity index is 327. The van der Waals surface area contributed by atoms with Crippen molar-refractivity contribution in [3.63, 3.8) is 0 Å². The van der Waals surface area contributed by atoms with Crippen LogP contribution in [0.2, 0.25) is 0 Å². The summed E-state index contributed by atoms with van der Waals surface area (Å²) in [6.45, 7) is 2.01. The van der Waals surface area contributed by atoms with E-state index in [4.69, 9.17) is 5.73 Å². The second-order valence-electron chi connectivity index (χ2n) is 2.66. The molecule has 0 saturated heterocycles. The summed E-state index contributed by atoms with van der Waals surface area (Å²) in [4.78, 5) is 11.6. The molecule has 13 heavy (non-hydrogen) atoms. The molecule has 1 amide bonds. The third-order valence-electron chi connectivity index (χ3n) is 1.51. The normalized spacial score (nSPS) is 10.0. The molecule has 0 aromatic heterocycles. The van der Waals surface area contributed by atoms with Crippen molar-refractivity contribution in [2.24, 2.45) is 5.73 Å². The SMILES string of the molecule is Cc1cc(Br)ccc1SCC(N)=O. The van der Waals surface area contributed by atoms with Crippen molar-refractivity contribution in [1.29, 1.82) is 0 Å². The molecule has 0 radical (unpaired) electrons. The standard InChI is InChI=1S/C9H10BrNOS/c1-6-4-7(10)2-3-8(6)13-5-9(11)12/h2-4H,5H2,1H3,(H2,11,12). The molecule has 0 saturated carbocycles. The summed E-state index contributed by atoms with van der Waals surface area (Å²) in [6, 6.07) is 5.95. The average Bonchev–Trinajstić information content (AvgIpc) is 2.02. The van der Waals surface area contributed by atoms with Gasteiger partial charge in [-0.15, -0.1) is 11.8 Å². The van der Waals surface area contributed by atoms with E-state index >= 15 is 0 Å². The molecule has 0 aliphatic heterocycles. The summed E-state index contributed by atoms with van der Waals surface area (Å²) in [5, 5.41) is 0. The number of hydrogen-bond acceptors (Lipinski definition) is 2. The van der Waals surface area contributed by atoms with E-state index in [2.05, 4.69) is 15.9 Å². The number of primary amides is 1. The lowest BCUT2D eigenvalue weighted by atomic mass is 10.2. The van der Waals surface area contributed by atoms with Gasteiger partial charge in [-0.25, -0.2) is 0 Å². The monoisotopic (exact) mass is 259 g/mol. The van der Waals surface area contributed by atoms with Gasteiger partial charge in [0.1, 0.15) is 0 Å². The van der Waals surface area contributed by atoms with Crippen LogP contribution in [0.25, 0.3) is 0 Å². The van der Waals surface area contributed by atoms with Gasteiger partial charge in [0.25, 0.3) is 0 Å². The van der Waals surface area contributed by atoms with E-state index in [-0.39, 0.29) is 5.91 Å². The van der Waals surface area contributed by atoms with Gasteiger partial charge in [0, 0.05) is 9.37 Å². The Balaban J connectivity index is 2.72. The van der Waals surface area contributed by atoms with Crippen molar-refractivity contribution >= 4 is 33.6 Å². The fraction of sp³-hybridized carbons (Fsp3) is 0.222. The zero-order chi connectivity index (χ0) is 9.84. The lowest BCUT2D eigenvalue weighted by Gasteiger charge is -2.03. The molecule has 70 valence electrons. The van der Waals surface area contributed by atoms with Crippen molar-refractivity contribution in [3.05, 3.63) is 28.2 Å². The number of aryl methyl sites for hydroxylation is 1. The smallest absolute Gasteiger partial charge is 0.227 e. The number of carbonyl (C=O) groups excluding carboxylic acids is 1. The molecule has 1 rings (SSSR count). The number of nitrogens with two attached hydrogens (primary N) is 1. The highest BCUT2D eigenvalue weighted by Crippen LogP contribution is 2.24. The maximum absolute atomic E-state index is 10.5. The Morgan fingerprint density at radius 1 is 1.62 bits per heavy atom. The molecule has 2 nitrogen and oxygen atoms in total. The van der Waals surface area contributed by atoms with Gasteiger partial charge in [0.05, 0.1) is 5.75 Å². The van der Waals surface area contributed by atoms with Gasteiger partial charge in [-0.1, -0.05) is 15.9 Å². The molecule has 0 unspecified atom stereocenters. The van der Waals surface area contributed by atoms with Crippen LogP contribution in [0, 0.1) is 6.92 Å². The van der Waals surface area contributed by atoms with Crippen LogP contribution in [0.15, 0.2) is 27.6 Å². The number of benzene rings is 1. The Labute approximate surface area is 90.0 Å². The quantitative estimate of drug-likeness (QED) is 0.847. The van der Waals surface area contributed by atoms with Crippen molar-refractivity contribution in [2.45, 2.75) is 11.8 Å². The minimum atomic E-state index is -0.285. The number of amides is 1. The van der Waals surface area contributed by atoms with Crippen LogP contribution in [0.1, 0.15) is 5.56 Å². The van der Waals surface area contributed by atoms with E-state index in [1.54, 1.807) is 0 Å². The summed E-state index contributed by atoms with van der Waals surface area (Å²) in [7, 11) is 0. The maximum atomic E-state index is 10.5. The zero-order valence-corrected chi connectivity index (χ0v) is 9.61. The molecular weight excluding hydrogens is 250 g/mol. The highest BCUT2D eigenvalue weighted by molar-refractivity contribution is 9.10. The van der Waals surface area contributed by atoms with E-state index in [0.717, 1.165) is 14.9 Å². The van der Waals surface area contributed by atoms with Crippen molar-refractivity contribution in [3.8, 4) is 0 Å². The van der Waals surface area contributed by atoms with Crippen molar-refractivity contribution < 1.29 is 4.79 Å². The van der Waals surface area contributed by atoms with Gasteiger partial charge >= 0.3 is 0 Å². The molecule has 0 aliphatic rings. The van der Waals surface area contributed by atoms with Gasteiger partial charge < -0.3 is 5.73 Å². The summed E-state index contributed by atoms with van der Waals surface area (Å²) in [6.07, 6.45) is 0. The second kappa shape index (κ2) is 4.67. The van der Waals surface area contributed by atoms with Crippen LogP contribution in [0.3, 0.4) is 0 Å². The Hall–Kier alpha value is -0.480. The van der Waals surface area contributed by atoms with Crippen LogP contribution in [0.5, 0.6) is 0 Å². The first kappa shape index (κ1) is 10.6. The molecule has 1 aromatic rings. The average molecular weight is 260 g/mol. The number of hydrogen-bond donors (Lipinski definition) is 1. The van der Waals surface area contributed by atoms with Crippen molar-refractivity contribution in [2.75, 3.05) is 5.75 Å². The summed E-state index contributed by atoms with van der Waals surface area (Å²) < 4.78 is 1.05. The molecule has 0 bridgehead atoms. The predicted molar refractivity (Wildman–Crippen MR) is 58.8 cm³/mol. The molecular formula is C9H10BrNOS. The number of rotatable bonds is 3. The Morgan fingerprint density at radius 2 is 2.31 bits per heavy atom. The van der Waals surface area contributed by atoms with E-state index in [9.17, 15) is 4.79 Å². The minimum absolute atomic E-state index is 0.285. The first-order chi connectivity index (χ1) is 6.09. The highest BCUT2D eigenvalue weighted by Gasteiger charge is 2.01. The summed E-state index contributed by atoms with van der Waals surface area (Å²) >= 11 is 4.84. The first-order valence-corrected chi connectivity index (χ1v) is 5.54. The lowest BCUT2D eigenvalue weighted by molar-refractivity contribution is -0.115. The summed E-state index contributed by atoms with van der Waals surface area (Å²) in [5.41, 5.74) is 6.20. The van der Waals surface area contributed by atoms with Crippen LogP contribution in [0.4, 0.5) is 0 Å². The molecule has 0 atom stereocenters. The van der Waals surface area contributed by atoms with Gasteiger partial charge in [-0.2, -0.15) is 0 Å². The highest BCUT2D eigenvalue weighted by atomic mass is 79.9. The van der Waals surface area contributed by atoms with Crippen LogP contribution >= 0.6 is 27.7 Å². The van der Waals surface area contributed by atoms with Crippen LogP contribution in [-0.4, -0.2) is 11.7 Å². The van der Waals surface area contributed by atoms with E-state index in [1.165, 1.54) is 11.8 Å². The topological polar surface area (TPSA) is 43.1 Å². The molecule has 0 heterocycles. The minimum Gasteiger partial charge on any atom is -0.369 e. The Morgan fingerprint density at radius 3 is 2.85 bits per heavy atom. The fourth-order valence-corrected chi connectivity index (χ4v) is 2.15. The molecule has 0 spiro atoms. The first-order valence-electron chi connectivity index (χ1n) is 3.77. The molecule has 0 aliphatic carbocycles. The van der Waals surface area contributed by atoms with E-state index < -0.39 is 0 Å². The lowest BCUT2D eigenvalue weighted by Crippen LogP contribution is -2.13. The zero-order valence-electron chi connectivity index (χ0n) is 7.21. The van der Waals surface area contributed by atoms with Gasteiger partial charge in [0.15, 0.2) is 0 Å². The van der Waals surface area contributed by atoms with E-state index in [0.29, 0.717) is 5.75 Å². The second-order valence-corrected chi connectivity index (χ2v) is 4.60. The van der Waals surface area contributed by atoms with Gasteiger partial charge in [-0.3, -0.25) is 4.79 Å². The number of halogens is 1. The number of carbonyl (C=O) groups is 1.